The molecule has 0 unspecified atom stereocenters. The molecule has 1 aromatic rings. The first-order chi connectivity index (χ1) is 8.88. The van der Waals surface area contributed by atoms with Crippen molar-refractivity contribution in [2.75, 3.05) is 13.1 Å². The van der Waals surface area contributed by atoms with E-state index >= 15 is 0 Å². The Morgan fingerprint density at radius 3 is 2.58 bits per heavy atom. The molecule has 7 heteroatoms. The van der Waals surface area contributed by atoms with Crippen molar-refractivity contribution >= 4 is 6.41 Å². The summed E-state index contributed by atoms with van der Waals surface area (Å²) >= 11 is 0. The number of nitrogens with zero attached hydrogens (tertiary/aromatic N) is 1. The van der Waals surface area contributed by atoms with E-state index in [1.54, 1.807) is 0 Å². The van der Waals surface area contributed by atoms with E-state index in [2.05, 4.69) is 0 Å². The van der Waals surface area contributed by atoms with Gasteiger partial charge in [-0.1, -0.05) is 0 Å². The normalized spacial score (nSPS) is 16.3. The Bertz CT molecular complexity index is 469. The average molecular weight is 277 g/mol. The summed E-state index contributed by atoms with van der Waals surface area (Å²) in [6.07, 6.45) is -4.12. The van der Waals surface area contributed by atoms with Gasteiger partial charge in [0.15, 0.2) is 0 Å². The van der Waals surface area contributed by atoms with E-state index in [1.165, 1.54) is 4.90 Å². The van der Waals surface area contributed by atoms with Gasteiger partial charge in [-0.05, 0) is 23.8 Å². The molecule has 3 nitrogen and oxygen atoms in total. The first-order valence-corrected chi connectivity index (χ1v) is 5.56. The van der Waals surface area contributed by atoms with Crippen LogP contribution in [-0.2, 0) is 22.3 Å². The zero-order valence-corrected chi connectivity index (χ0v) is 9.78. The molecule has 1 aliphatic heterocycles. The van der Waals surface area contributed by atoms with Crippen LogP contribution < -0.4 is 0 Å². The van der Waals surface area contributed by atoms with Crippen molar-refractivity contribution in [3.05, 3.63) is 35.1 Å². The second-order valence-electron chi connectivity index (χ2n) is 4.34. The minimum atomic E-state index is -4.58. The van der Waals surface area contributed by atoms with Crippen LogP contribution in [-0.4, -0.2) is 30.5 Å². The highest BCUT2D eigenvalue weighted by molar-refractivity contribution is 5.48. The molecule has 0 aliphatic carbocycles. The lowest BCUT2D eigenvalue weighted by Crippen LogP contribution is -2.51. The van der Waals surface area contributed by atoms with Crippen LogP contribution in [0.1, 0.15) is 11.1 Å². The number of amides is 1. The molecule has 0 atom stereocenters. The highest BCUT2D eigenvalue weighted by atomic mass is 19.4. The molecule has 104 valence electrons. The maximum Gasteiger partial charge on any atom is 0.416 e. The highest BCUT2D eigenvalue weighted by Gasteiger charge is 2.31. The van der Waals surface area contributed by atoms with Crippen LogP contribution in [0.25, 0.3) is 0 Å². The number of likely N-dealkylation sites (tertiary alicyclic amines) is 1. The molecule has 1 heterocycles. The average Bonchev–Trinajstić information content (AvgIpc) is 2.25. The zero-order valence-electron chi connectivity index (χ0n) is 9.78. The summed E-state index contributed by atoms with van der Waals surface area (Å²) in [6, 6.07) is 2.31. The Labute approximate surface area is 106 Å². The van der Waals surface area contributed by atoms with Crippen LogP contribution in [0.3, 0.4) is 0 Å². The fourth-order valence-corrected chi connectivity index (χ4v) is 1.77. The molecule has 0 bridgehead atoms. The van der Waals surface area contributed by atoms with Crippen molar-refractivity contribution in [3.63, 3.8) is 0 Å². The van der Waals surface area contributed by atoms with Crippen molar-refractivity contribution in [3.8, 4) is 0 Å². The smallest absolute Gasteiger partial charge is 0.370 e. The van der Waals surface area contributed by atoms with Crippen LogP contribution in [0.15, 0.2) is 18.2 Å². The van der Waals surface area contributed by atoms with E-state index in [4.69, 9.17) is 4.74 Å². The van der Waals surface area contributed by atoms with Gasteiger partial charge in [0.05, 0.1) is 18.3 Å². The van der Waals surface area contributed by atoms with Gasteiger partial charge in [0.1, 0.15) is 5.82 Å². The number of carbonyl (C=O) groups excluding carboxylic acids is 1. The lowest BCUT2D eigenvalue weighted by Gasteiger charge is -2.35. The van der Waals surface area contributed by atoms with Crippen molar-refractivity contribution in [1.29, 1.82) is 0 Å². The van der Waals surface area contributed by atoms with Crippen LogP contribution in [0.5, 0.6) is 0 Å². The molecule has 2 rings (SSSR count). The van der Waals surface area contributed by atoms with Crippen LogP contribution >= 0.6 is 0 Å². The van der Waals surface area contributed by atoms with E-state index in [-0.39, 0.29) is 18.3 Å². The Kier molecular flexibility index (Phi) is 3.75. The van der Waals surface area contributed by atoms with E-state index < -0.39 is 17.6 Å². The van der Waals surface area contributed by atoms with Crippen LogP contribution in [0.4, 0.5) is 17.6 Å². The van der Waals surface area contributed by atoms with Gasteiger partial charge in [0.25, 0.3) is 0 Å². The quantitative estimate of drug-likeness (QED) is 0.623. The van der Waals surface area contributed by atoms with E-state index in [0.29, 0.717) is 25.6 Å². The lowest BCUT2D eigenvalue weighted by atomic mass is 10.1. The predicted octanol–water partition coefficient (Wildman–Crippen LogP) is 2.20. The minimum absolute atomic E-state index is 0.113. The predicted molar refractivity (Wildman–Crippen MR) is 57.6 cm³/mol. The van der Waals surface area contributed by atoms with E-state index in [0.717, 1.165) is 12.1 Å². The maximum atomic E-state index is 13.1. The molecule has 1 fully saturated rings. The Balaban J connectivity index is 1.97. The number of ether oxygens (including phenoxy) is 1. The van der Waals surface area contributed by atoms with E-state index in [9.17, 15) is 22.4 Å². The topological polar surface area (TPSA) is 29.5 Å². The van der Waals surface area contributed by atoms with Crippen LogP contribution in [0.2, 0.25) is 0 Å². The Morgan fingerprint density at radius 1 is 1.32 bits per heavy atom. The molecule has 0 radical (unpaired) electrons. The Hall–Kier alpha value is -1.63. The molecular weight excluding hydrogens is 266 g/mol. The number of carbonyl (C=O) groups is 1. The molecule has 1 aliphatic rings. The first kappa shape index (κ1) is 13.8. The second kappa shape index (κ2) is 5.16. The van der Waals surface area contributed by atoms with Gasteiger partial charge in [-0.15, -0.1) is 0 Å². The summed E-state index contributed by atoms with van der Waals surface area (Å²) in [5.74, 6) is -0.948. The van der Waals surface area contributed by atoms with Gasteiger partial charge in [-0.25, -0.2) is 4.39 Å². The molecule has 19 heavy (non-hydrogen) atoms. The molecule has 0 aromatic heterocycles. The molecule has 1 amide bonds. The van der Waals surface area contributed by atoms with Gasteiger partial charge in [-0.2, -0.15) is 13.2 Å². The summed E-state index contributed by atoms with van der Waals surface area (Å²) in [5, 5.41) is 0. The summed E-state index contributed by atoms with van der Waals surface area (Å²) in [5.41, 5.74) is -0.911. The van der Waals surface area contributed by atoms with Crippen molar-refractivity contribution in [2.45, 2.75) is 18.9 Å². The standard InChI is InChI=1S/C12H11F4NO2/c13-10-2-8(1-9(3-10)12(14,15)16)6-19-11-4-17(5-11)7-18/h1-3,7,11H,4-6H2. The number of hydrogen-bond acceptors (Lipinski definition) is 2. The molecule has 0 N–H and O–H groups in total. The SMILES string of the molecule is O=CN1CC(OCc2cc(F)cc(C(F)(F)F)c2)C1. The second-order valence-corrected chi connectivity index (χ2v) is 4.34. The fraction of sp³-hybridized carbons (Fsp3) is 0.417. The maximum absolute atomic E-state index is 13.1. The van der Waals surface area contributed by atoms with Gasteiger partial charge < -0.3 is 9.64 Å². The number of halogens is 4. The zero-order chi connectivity index (χ0) is 14.0. The summed E-state index contributed by atoms with van der Waals surface area (Å²) in [4.78, 5) is 11.8. The fourth-order valence-electron chi connectivity index (χ4n) is 1.77. The monoisotopic (exact) mass is 277 g/mol. The molecule has 0 spiro atoms. The largest absolute Gasteiger partial charge is 0.416 e. The molecule has 1 saturated heterocycles. The lowest BCUT2D eigenvalue weighted by molar-refractivity contribution is -0.138. The van der Waals surface area contributed by atoms with Gasteiger partial charge in [-0.3, -0.25) is 4.79 Å². The van der Waals surface area contributed by atoms with Gasteiger partial charge in [0, 0.05) is 13.1 Å². The van der Waals surface area contributed by atoms with E-state index in [1.807, 2.05) is 0 Å². The van der Waals surface area contributed by atoms with Crippen LogP contribution in [0, 0.1) is 5.82 Å². The third-order valence-electron chi connectivity index (χ3n) is 2.80. The van der Waals surface area contributed by atoms with Crippen molar-refractivity contribution in [2.24, 2.45) is 0 Å². The first-order valence-electron chi connectivity index (χ1n) is 5.56. The van der Waals surface area contributed by atoms with Gasteiger partial charge >= 0.3 is 6.18 Å². The molecular formula is C12H11F4NO2. The summed E-state index contributed by atoms with van der Waals surface area (Å²) < 4.78 is 55.8. The summed E-state index contributed by atoms with van der Waals surface area (Å²) in [7, 11) is 0. The number of rotatable bonds is 4. The van der Waals surface area contributed by atoms with Crippen molar-refractivity contribution < 1.29 is 27.1 Å². The number of alkyl halides is 3. The Morgan fingerprint density at radius 2 is 2.00 bits per heavy atom. The highest BCUT2D eigenvalue weighted by Crippen LogP contribution is 2.30. The summed E-state index contributed by atoms with van der Waals surface area (Å²) in [6.45, 7) is 0.702. The van der Waals surface area contributed by atoms with Crippen molar-refractivity contribution in [1.82, 2.24) is 4.90 Å². The minimum Gasteiger partial charge on any atom is -0.370 e. The molecule has 0 saturated carbocycles. The van der Waals surface area contributed by atoms with Gasteiger partial charge in [0.2, 0.25) is 6.41 Å². The molecule has 1 aromatic carbocycles. The number of hydrogen-bond donors (Lipinski definition) is 0. The third kappa shape index (κ3) is 3.44. The third-order valence-corrected chi connectivity index (χ3v) is 2.80. The number of benzene rings is 1.